The molecule has 0 aromatic heterocycles. The Kier molecular flexibility index (Phi) is 4.11. The standard InChI is InChI=1S/C16H17ClFN/c1-10-4-5-11(2)16(8-10)19-12(3)14-7-6-13(18)9-15(14)17/h4-9,12,19H,1-3H3. The summed E-state index contributed by atoms with van der Waals surface area (Å²) in [5.74, 6) is -0.312. The highest BCUT2D eigenvalue weighted by Gasteiger charge is 2.11. The molecule has 0 aliphatic carbocycles. The van der Waals surface area contributed by atoms with Gasteiger partial charge in [-0.2, -0.15) is 0 Å². The maximum absolute atomic E-state index is 13.0. The molecule has 0 heterocycles. The molecular weight excluding hydrogens is 261 g/mol. The summed E-state index contributed by atoms with van der Waals surface area (Å²) in [6, 6.07) is 10.8. The van der Waals surface area contributed by atoms with Gasteiger partial charge in [0.15, 0.2) is 0 Å². The zero-order chi connectivity index (χ0) is 14.0. The molecule has 0 bridgehead atoms. The fourth-order valence-electron chi connectivity index (χ4n) is 2.06. The molecule has 2 aromatic carbocycles. The first-order valence-corrected chi connectivity index (χ1v) is 6.64. The minimum Gasteiger partial charge on any atom is -0.378 e. The SMILES string of the molecule is Cc1ccc(C)c(NC(C)c2ccc(F)cc2Cl)c1. The molecule has 2 rings (SSSR count). The lowest BCUT2D eigenvalue weighted by Crippen LogP contribution is -2.08. The monoisotopic (exact) mass is 277 g/mol. The first-order chi connectivity index (χ1) is 8.97. The zero-order valence-corrected chi connectivity index (χ0v) is 12.1. The van der Waals surface area contributed by atoms with Crippen LogP contribution in [-0.4, -0.2) is 0 Å². The highest BCUT2D eigenvalue weighted by atomic mass is 35.5. The Bertz CT molecular complexity index is 595. The smallest absolute Gasteiger partial charge is 0.124 e. The van der Waals surface area contributed by atoms with Crippen molar-refractivity contribution in [3.8, 4) is 0 Å². The third-order valence-corrected chi connectivity index (χ3v) is 3.52. The largest absolute Gasteiger partial charge is 0.378 e. The predicted octanol–water partition coefficient (Wildman–Crippen LogP) is 5.27. The molecule has 0 aliphatic rings. The highest BCUT2D eigenvalue weighted by Crippen LogP contribution is 2.28. The second-order valence-corrected chi connectivity index (χ2v) is 5.26. The van der Waals surface area contributed by atoms with Gasteiger partial charge in [-0.25, -0.2) is 4.39 Å². The first kappa shape index (κ1) is 13.9. The highest BCUT2D eigenvalue weighted by molar-refractivity contribution is 6.31. The summed E-state index contributed by atoms with van der Waals surface area (Å²) in [6.07, 6.45) is 0. The maximum Gasteiger partial charge on any atom is 0.124 e. The molecule has 1 unspecified atom stereocenters. The molecule has 0 spiro atoms. The van der Waals surface area contributed by atoms with Crippen molar-refractivity contribution in [1.82, 2.24) is 0 Å². The van der Waals surface area contributed by atoms with E-state index in [9.17, 15) is 4.39 Å². The van der Waals surface area contributed by atoms with Crippen LogP contribution in [0.5, 0.6) is 0 Å². The third-order valence-electron chi connectivity index (χ3n) is 3.19. The van der Waals surface area contributed by atoms with E-state index in [1.807, 2.05) is 6.92 Å². The van der Waals surface area contributed by atoms with Crippen molar-refractivity contribution < 1.29 is 4.39 Å². The van der Waals surface area contributed by atoms with Crippen molar-refractivity contribution in [3.05, 3.63) is 63.9 Å². The number of rotatable bonds is 3. The van der Waals surface area contributed by atoms with Crippen LogP contribution in [0.2, 0.25) is 5.02 Å². The second-order valence-electron chi connectivity index (χ2n) is 4.85. The molecule has 3 heteroatoms. The van der Waals surface area contributed by atoms with Gasteiger partial charge in [0.25, 0.3) is 0 Å². The Morgan fingerprint density at radius 2 is 1.84 bits per heavy atom. The van der Waals surface area contributed by atoms with E-state index in [2.05, 4.69) is 37.4 Å². The van der Waals surface area contributed by atoms with E-state index in [1.54, 1.807) is 6.07 Å². The maximum atomic E-state index is 13.0. The fraction of sp³-hybridized carbons (Fsp3) is 0.250. The first-order valence-electron chi connectivity index (χ1n) is 6.26. The van der Waals surface area contributed by atoms with Crippen LogP contribution in [0.15, 0.2) is 36.4 Å². The van der Waals surface area contributed by atoms with Crippen LogP contribution >= 0.6 is 11.6 Å². The number of anilines is 1. The van der Waals surface area contributed by atoms with E-state index in [1.165, 1.54) is 23.3 Å². The Balaban J connectivity index is 2.25. The van der Waals surface area contributed by atoms with Crippen LogP contribution in [0.1, 0.15) is 29.7 Å². The Morgan fingerprint density at radius 3 is 2.53 bits per heavy atom. The predicted molar refractivity (Wildman–Crippen MR) is 79.4 cm³/mol. The van der Waals surface area contributed by atoms with Gasteiger partial charge in [-0.3, -0.25) is 0 Å². The van der Waals surface area contributed by atoms with Crippen LogP contribution in [-0.2, 0) is 0 Å². The molecule has 1 atom stereocenters. The summed E-state index contributed by atoms with van der Waals surface area (Å²) in [4.78, 5) is 0. The summed E-state index contributed by atoms with van der Waals surface area (Å²) < 4.78 is 13.0. The van der Waals surface area contributed by atoms with Gasteiger partial charge in [-0.05, 0) is 55.7 Å². The summed E-state index contributed by atoms with van der Waals surface area (Å²) in [6.45, 7) is 6.13. The van der Waals surface area contributed by atoms with Gasteiger partial charge in [0.05, 0.1) is 6.04 Å². The van der Waals surface area contributed by atoms with Crippen molar-refractivity contribution in [1.29, 1.82) is 0 Å². The number of hydrogen-bond donors (Lipinski definition) is 1. The van der Waals surface area contributed by atoms with Crippen LogP contribution in [0.3, 0.4) is 0 Å². The average Bonchev–Trinajstić information content (AvgIpc) is 2.33. The minimum atomic E-state index is -0.312. The van der Waals surface area contributed by atoms with E-state index >= 15 is 0 Å². The fourth-order valence-corrected chi connectivity index (χ4v) is 2.39. The van der Waals surface area contributed by atoms with E-state index in [-0.39, 0.29) is 11.9 Å². The Morgan fingerprint density at radius 1 is 1.11 bits per heavy atom. The molecule has 0 fully saturated rings. The van der Waals surface area contributed by atoms with Crippen molar-refractivity contribution in [2.75, 3.05) is 5.32 Å². The van der Waals surface area contributed by atoms with Gasteiger partial charge < -0.3 is 5.32 Å². The van der Waals surface area contributed by atoms with Gasteiger partial charge in [-0.15, -0.1) is 0 Å². The minimum absolute atomic E-state index is 0.0219. The van der Waals surface area contributed by atoms with Crippen molar-refractivity contribution >= 4 is 17.3 Å². The molecule has 0 saturated heterocycles. The molecule has 0 aliphatic heterocycles. The normalized spacial score (nSPS) is 12.3. The summed E-state index contributed by atoms with van der Waals surface area (Å²) >= 11 is 6.08. The van der Waals surface area contributed by atoms with Gasteiger partial charge in [-0.1, -0.05) is 29.8 Å². The van der Waals surface area contributed by atoms with E-state index < -0.39 is 0 Å². The van der Waals surface area contributed by atoms with Gasteiger partial charge in [0.2, 0.25) is 0 Å². The van der Waals surface area contributed by atoms with Gasteiger partial charge >= 0.3 is 0 Å². The Hall–Kier alpha value is -1.54. The van der Waals surface area contributed by atoms with Crippen molar-refractivity contribution in [2.24, 2.45) is 0 Å². The molecule has 19 heavy (non-hydrogen) atoms. The molecule has 2 aromatic rings. The third kappa shape index (κ3) is 3.27. The number of benzene rings is 2. The number of aryl methyl sites for hydroxylation is 2. The quantitative estimate of drug-likeness (QED) is 0.806. The van der Waals surface area contributed by atoms with Crippen molar-refractivity contribution in [2.45, 2.75) is 26.8 Å². The van der Waals surface area contributed by atoms with E-state index in [0.29, 0.717) is 5.02 Å². The average molecular weight is 278 g/mol. The van der Waals surface area contributed by atoms with Gasteiger partial charge in [0, 0.05) is 10.7 Å². The molecule has 1 N–H and O–H groups in total. The van der Waals surface area contributed by atoms with Crippen molar-refractivity contribution in [3.63, 3.8) is 0 Å². The second kappa shape index (κ2) is 5.62. The lowest BCUT2D eigenvalue weighted by atomic mass is 10.1. The summed E-state index contributed by atoms with van der Waals surface area (Å²) in [5, 5.41) is 3.87. The molecule has 0 amide bonds. The molecule has 0 saturated carbocycles. The summed E-state index contributed by atoms with van der Waals surface area (Å²) in [7, 11) is 0. The molecule has 1 nitrogen and oxygen atoms in total. The lowest BCUT2D eigenvalue weighted by molar-refractivity contribution is 0.626. The number of nitrogens with one attached hydrogen (secondary N) is 1. The van der Waals surface area contributed by atoms with Crippen LogP contribution < -0.4 is 5.32 Å². The van der Waals surface area contributed by atoms with Crippen LogP contribution in [0.25, 0.3) is 0 Å². The number of hydrogen-bond acceptors (Lipinski definition) is 1. The van der Waals surface area contributed by atoms with Gasteiger partial charge in [0.1, 0.15) is 5.82 Å². The van der Waals surface area contributed by atoms with E-state index in [0.717, 1.165) is 11.3 Å². The zero-order valence-electron chi connectivity index (χ0n) is 11.3. The molecule has 0 radical (unpaired) electrons. The Labute approximate surface area is 118 Å². The molecule has 100 valence electrons. The lowest BCUT2D eigenvalue weighted by Gasteiger charge is -2.19. The molecular formula is C16H17ClFN. The summed E-state index contributed by atoms with van der Waals surface area (Å²) in [5.41, 5.74) is 4.35. The van der Waals surface area contributed by atoms with Crippen LogP contribution in [0, 0.1) is 19.7 Å². The topological polar surface area (TPSA) is 12.0 Å². The van der Waals surface area contributed by atoms with E-state index in [4.69, 9.17) is 11.6 Å². The number of halogens is 2. The van der Waals surface area contributed by atoms with Crippen LogP contribution in [0.4, 0.5) is 10.1 Å².